The molecule has 0 saturated carbocycles. The van der Waals surface area contributed by atoms with Gasteiger partial charge in [-0.15, -0.1) is 0 Å². The molecule has 1 aromatic carbocycles. The molecular weight excluding hydrogens is 386 g/mol. The minimum atomic E-state index is -3.46. The Bertz CT molecular complexity index is 852. The van der Waals surface area contributed by atoms with E-state index < -0.39 is 10.0 Å². The maximum absolute atomic E-state index is 13.1. The van der Waals surface area contributed by atoms with Gasteiger partial charge in [-0.1, -0.05) is 6.07 Å². The largest absolute Gasteiger partial charge is 0.336 e. The van der Waals surface area contributed by atoms with Crippen LogP contribution in [0, 0.1) is 0 Å². The fraction of sp³-hybridized carbons (Fsp3) is 0.682. The first-order valence-electron chi connectivity index (χ1n) is 11.0. The number of hydrogen-bond donors (Lipinski definition) is 0. The third-order valence-corrected chi connectivity index (χ3v) is 8.77. The molecule has 1 amide bonds. The van der Waals surface area contributed by atoms with Crippen LogP contribution in [0.5, 0.6) is 0 Å². The highest BCUT2D eigenvalue weighted by Crippen LogP contribution is 2.27. The summed E-state index contributed by atoms with van der Waals surface area (Å²) in [7, 11) is -3.46. The van der Waals surface area contributed by atoms with Crippen LogP contribution in [0.15, 0.2) is 23.1 Å². The van der Waals surface area contributed by atoms with E-state index in [0.29, 0.717) is 49.7 Å². The van der Waals surface area contributed by atoms with Crippen molar-refractivity contribution in [3.63, 3.8) is 0 Å². The van der Waals surface area contributed by atoms with Crippen molar-refractivity contribution in [2.45, 2.75) is 69.4 Å². The lowest BCUT2D eigenvalue weighted by atomic mass is 9.97. The van der Waals surface area contributed by atoms with Gasteiger partial charge in [0.2, 0.25) is 15.9 Å². The normalized spacial score (nSPS) is 26.5. The van der Waals surface area contributed by atoms with Gasteiger partial charge >= 0.3 is 0 Å². The predicted octanol–water partition coefficient (Wildman–Crippen LogP) is 2.27. The van der Waals surface area contributed by atoms with Gasteiger partial charge in [-0.2, -0.15) is 4.31 Å². The number of benzene rings is 1. The molecule has 2 heterocycles. The SMILES string of the molecule is C[C@H]1CCC[C@H](C)N1C(=O)CN1CCN(S(=O)(=O)c2ccc3c(c2)CCC3)CC1. The average molecular weight is 420 g/mol. The summed E-state index contributed by atoms with van der Waals surface area (Å²) in [5, 5.41) is 0. The van der Waals surface area contributed by atoms with E-state index in [2.05, 4.69) is 18.7 Å². The Morgan fingerprint density at radius 3 is 2.31 bits per heavy atom. The zero-order valence-corrected chi connectivity index (χ0v) is 18.5. The van der Waals surface area contributed by atoms with Gasteiger partial charge < -0.3 is 4.90 Å². The van der Waals surface area contributed by atoms with Gasteiger partial charge in [0.1, 0.15) is 0 Å². The molecule has 0 aromatic heterocycles. The highest BCUT2D eigenvalue weighted by molar-refractivity contribution is 7.89. The van der Waals surface area contributed by atoms with Crippen molar-refractivity contribution in [3.8, 4) is 0 Å². The van der Waals surface area contributed by atoms with Gasteiger partial charge in [-0.25, -0.2) is 8.42 Å². The van der Waals surface area contributed by atoms with Crippen LogP contribution in [0.1, 0.15) is 50.7 Å². The molecule has 2 fully saturated rings. The van der Waals surface area contributed by atoms with Crippen LogP contribution < -0.4 is 0 Å². The summed E-state index contributed by atoms with van der Waals surface area (Å²) >= 11 is 0. The molecule has 160 valence electrons. The van der Waals surface area contributed by atoms with Gasteiger partial charge in [0, 0.05) is 38.3 Å². The molecule has 0 radical (unpaired) electrons. The topological polar surface area (TPSA) is 60.9 Å². The van der Waals surface area contributed by atoms with Gasteiger partial charge in [0.05, 0.1) is 11.4 Å². The average Bonchev–Trinajstić information content (AvgIpc) is 3.16. The Labute approximate surface area is 174 Å². The van der Waals surface area contributed by atoms with Crippen LogP contribution in [0.2, 0.25) is 0 Å². The standard InChI is InChI=1S/C22H33N3O3S/c1-17-5-3-6-18(2)25(17)22(26)16-23-11-13-24(14-12-23)29(27,28)21-10-9-19-7-4-8-20(19)15-21/h9-10,15,17-18H,3-8,11-14,16H2,1-2H3/t17-,18-/m0/s1. The summed E-state index contributed by atoms with van der Waals surface area (Å²) in [6.45, 7) is 6.75. The molecule has 0 spiro atoms. The smallest absolute Gasteiger partial charge is 0.243 e. The summed E-state index contributed by atoms with van der Waals surface area (Å²) in [4.78, 5) is 17.4. The Morgan fingerprint density at radius 1 is 0.966 bits per heavy atom. The number of nitrogens with zero attached hydrogens (tertiary/aromatic N) is 3. The second kappa shape index (κ2) is 8.36. The Balaban J connectivity index is 1.36. The lowest BCUT2D eigenvalue weighted by molar-refractivity contribution is -0.138. The lowest BCUT2D eigenvalue weighted by Gasteiger charge is -2.41. The minimum absolute atomic E-state index is 0.180. The van der Waals surface area contributed by atoms with Crippen LogP contribution in [0.4, 0.5) is 0 Å². The highest BCUT2D eigenvalue weighted by atomic mass is 32.2. The first kappa shape index (κ1) is 20.8. The number of sulfonamides is 1. The van der Waals surface area contributed by atoms with E-state index >= 15 is 0 Å². The van der Waals surface area contributed by atoms with Crippen molar-refractivity contribution < 1.29 is 13.2 Å². The maximum Gasteiger partial charge on any atom is 0.243 e. The number of piperazine rings is 1. The van der Waals surface area contributed by atoms with Crippen LogP contribution in [0.3, 0.4) is 0 Å². The van der Waals surface area contributed by atoms with E-state index in [1.165, 1.54) is 17.5 Å². The number of likely N-dealkylation sites (tertiary alicyclic amines) is 1. The molecule has 29 heavy (non-hydrogen) atoms. The second-order valence-electron chi connectivity index (χ2n) is 8.89. The highest BCUT2D eigenvalue weighted by Gasteiger charge is 2.33. The Kier molecular flexibility index (Phi) is 6.00. The van der Waals surface area contributed by atoms with Crippen molar-refractivity contribution in [1.82, 2.24) is 14.1 Å². The summed E-state index contributed by atoms with van der Waals surface area (Å²) in [5.74, 6) is 0.180. The molecule has 1 aromatic rings. The lowest BCUT2D eigenvalue weighted by Crippen LogP contribution is -2.54. The summed E-state index contributed by atoms with van der Waals surface area (Å²) in [6, 6.07) is 6.20. The molecule has 2 atom stereocenters. The molecule has 2 aliphatic heterocycles. The zero-order valence-electron chi connectivity index (χ0n) is 17.6. The van der Waals surface area contributed by atoms with Crippen molar-refractivity contribution in [1.29, 1.82) is 0 Å². The first-order chi connectivity index (χ1) is 13.9. The molecular formula is C22H33N3O3S. The first-order valence-corrected chi connectivity index (χ1v) is 12.5. The maximum atomic E-state index is 13.1. The number of rotatable bonds is 4. The van der Waals surface area contributed by atoms with Crippen molar-refractivity contribution >= 4 is 15.9 Å². The van der Waals surface area contributed by atoms with Gasteiger partial charge in [0.15, 0.2) is 0 Å². The molecule has 2 saturated heterocycles. The zero-order chi connectivity index (χ0) is 20.6. The van der Waals surface area contributed by atoms with Gasteiger partial charge in [-0.05, 0) is 75.6 Å². The van der Waals surface area contributed by atoms with Crippen LogP contribution >= 0.6 is 0 Å². The van der Waals surface area contributed by atoms with Crippen molar-refractivity contribution in [3.05, 3.63) is 29.3 Å². The second-order valence-corrected chi connectivity index (χ2v) is 10.8. The van der Waals surface area contributed by atoms with E-state index in [9.17, 15) is 13.2 Å². The number of piperidine rings is 1. The van der Waals surface area contributed by atoms with Crippen LogP contribution in [0.25, 0.3) is 0 Å². The van der Waals surface area contributed by atoms with E-state index in [-0.39, 0.29) is 5.91 Å². The molecule has 0 N–H and O–H groups in total. The monoisotopic (exact) mass is 419 g/mol. The van der Waals surface area contributed by atoms with E-state index in [4.69, 9.17) is 0 Å². The number of fused-ring (bicyclic) bond motifs is 1. The minimum Gasteiger partial charge on any atom is -0.336 e. The quantitative estimate of drug-likeness (QED) is 0.751. The summed E-state index contributed by atoms with van der Waals surface area (Å²) < 4.78 is 27.7. The molecule has 0 bridgehead atoms. The number of amides is 1. The summed E-state index contributed by atoms with van der Waals surface area (Å²) in [5.41, 5.74) is 2.47. The Hall–Kier alpha value is -1.44. The van der Waals surface area contributed by atoms with E-state index in [1.54, 1.807) is 10.4 Å². The van der Waals surface area contributed by atoms with E-state index in [0.717, 1.165) is 32.1 Å². The number of aryl methyl sites for hydroxylation is 2. The number of carbonyl (C=O) groups excluding carboxylic acids is 1. The third-order valence-electron chi connectivity index (χ3n) is 6.88. The molecule has 0 unspecified atom stereocenters. The van der Waals surface area contributed by atoms with Crippen molar-refractivity contribution in [2.75, 3.05) is 32.7 Å². The van der Waals surface area contributed by atoms with Gasteiger partial charge in [0.25, 0.3) is 0 Å². The number of hydrogen-bond acceptors (Lipinski definition) is 4. The molecule has 1 aliphatic carbocycles. The molecule has 7 heteroatoms. The predicted molar refractivity (Wildman–Crippen MR) is 113 cm³/mol. The fourth-order valence-corrected chi connectivity index (χ4v) is 6.64. The molecule has 3 aliphatic rings. The Morgan fingerprint density at radius 2 is 1.62 bits per heavy atom. The molecule has 4 rings (SSSR count). The third kappa shape index (κ3) is 4.23. The van der Waals surface area contributed by atoms with Crippen LogP contribution in [-0.2, 0) is 27.7 Å². The van der Waals surface area contributed by atoms with Crippen LogP contribution in [-0.4, -0.2) is 73.2 Å². The summed E-state index contributed by atoms with van der Waals surface area (Å²) in [6.07, 6.45) is 6.47. The van der Waals surface area contributed by atoms with Crippen molar-refractivity contribution in [2.24, 2.45) is 0 Å². The fourth-order valence-electron chi connectivity index (χ4n) is 5.17. The molecule has 6 nitrogen and oxygen atoms in total. The number of carbonyl (C=O) groups is 1. The van der Waals surface area contributed by atoms with Gasteiger partial charge in [-0.3, -0.25) is 9.69 Å². The van der Waals surface area contributed by atoms with E-state index in [1.807, 2.05) is 17.0 Å².